The van der Waals surface area contributed by atoms with E-state index in [1.54, 1.807) is 6.92 Å². The van der Waals surface area contributed by atoms with Gasteiger partial charge < -0.3 is 10.0 Å². The molecule has 4 saturated heterocycles. The fourth-order valence-electron chi connectivity index (χ4n) is 3.96. The van der Waals surface area contributed by atoms with E-state index in [1.165, 1.54) is 32.5 Å². The van der Waals surface area contributed by atoms with Crippen molar-refractivity contribution in [3.63, 3.8) is 0 Å². The molecule has 4 rings (SSSR count). The molecule has 4 aliphatic rings. The number of carboxylic acids is 1. The second-order valence-corrected chi connectivity index (χ2v) is 6.29. The van der Waals surface area contributed by atoms with Crippen molar-refractivity contribution >= 4 is 5.97 Å². The fraction of sp³-hybridized carbons (Fsp3) is 0.929. The number of piperidine rings is 3. The van der Waals surface area contributed by atoms with Crippen molar-refractivity contribution in [2.45, 2.75) is 31.8 Å². The standard InChI is InChI=1S/C14H25N3O2/c1-11(14(18)19)16-6-8-17(9-7-16)13-10-15-4-2-12(13)3-5-15/h11-13H,2-10H2,1H3,(H,18,19). The normalized spacial score (nSPS) is 38.3. The highest BCUT2D eigenvalue weighted by Gasteiger charge is 2.38. The minimum atomic E-state index is -0.698. The third kappa shape index (κ3) is 2.64. The highest BCUT2D eigenvalue weighted by Crippen LogP contribution is 2.31. The van der Waals surface area contributed by atoms with E-state index < -0.39 is 5.97 Å². The van der Waals surface area contributed by atoms with Crippen molar-refractivity contribution in [2.24, 2.45) is 5.92 Å². The van der Waals surface area contributed by atoms with Crippen LogP contribution in [0.15, 0.2) is 0 Å². The van der Waals surface area contributed by atoms with E-state index in [-0.39, 0.29) is 6.04 Å². The first-order valence-corrected chi connectivity index (χ1v) is 7.58. The Morgan fingerprint density at radius 2 is 1.74 bits per heavy atom. The van der Waals surface area contributed by atoms with E-state index in [4.69, 9.17) is 5.11 Å². The van der Waals surface area contributed by atoms with E-state index in [1.807, 2.05) is 0 Å². The third-order valence-corrected chi connectivity index (χ3v) is 5.34. The highest BCUT2D eigenvalue weighted by molar-refractivity contribution is 5.72. The van der Waals surface area contributed by atoms with E-state index in [0.717, 1.165) is 38.1 Å². The summed E-state index contributed by atoms with van der Waals surface area (Å²) >= 11 is 0. The highest BCUT2D eigenvalue weighted by atomic mass is 16.4. The zero-order valence-electron chi connectivity index (χ0n) is 11.8. The lowest BCUT2D eigenvalue weighted by Gasteiger charge is -2.51. The summed E-state index contributed by atoms with van der Waals surface area (Å²) in [5, 5.41) is 9.07. The molecular weight excluding hydrogens is 242 g/mol. The summed E-state index contributed by atoms with van der Waals surface area (Å²) in [6.45, 7) is 9.48. The van der Waals surface area contributed by atoms with E-state index in [2.05, 4.69) is 14.7 Å². The lowest BCUT2D eigenvalue weighted by Crippen LogP contribution is -2.62. The Morgan fingerprint density at radius 3 is 2.21 bits per heavy atom. The first kappa shape index (κ1) is 13.3. The van der Waals surface area contributed by atoms with Crippen LogP contribution in [-0.4, -0.2) is 83.7 Å². The molecule has 0 aromatic rings. The predicted molar refractivity (Wildman–Crippen MR) is 73.2 cm³/mol. The summed E-state index contributed by atoms with van der Waals surface area (Å²) in [4.78, 5) is 18.3. The Labute approximate surface area is 115 Å². The lowest BCUT2D eigenvalue weighted by atomic mass is 9.83. The summed E-state index contributed by atoms with van der Waals surface area (Å²) in [5.41, 5.74) is 0. The average molecular weight is 267 g/mol. The number of piperazine rings is 1. The Bertz CT molecular complexity index is 334. The summed E-state index contributed by atoms with van der Waals surface area (Å²) in [7, 11) is 0. The van der Waals surface area contributed by atoms with Gasteiger partial charge in [-0.2, -0.15) is 0 Å². The Balaban J connectivity index is 1.54. The number of rotatable bonds is 3. The summed E-state index contributed by atoms with van der Waals surface area (Å²) < 4.78 is 0. The van der Waals surface area contributed by atoms with Gasteiger partial charge in [-0.15, -0.1) is 0 Å². The van der Waals surface area contributed by atoms with E-state index in [0.29, 0.717) is 0 Å². The molecule has 4 heterocycles. The van der Waals surface area contributed by atoms with Crippen LogP contribution in [0.1, 0.15) is 19.8 Å². The minimum absolute atomic E-state index is 0.339. The molecule has 0 aliphatic carbocycles. The largest absolute Gasteiger partial charge is 0.480 e. The van der Waals surface area contributed by atoms with Gasteiger partial charge in [-0.1, -0.05) is 0 Å². The van der Waals surface area contributed by atoms with Crippen molar-refractivity contribution in [3.8, 4) is 0 Å². The molecule has 2 atom stereocenters. The van der Waals surface area contributed by atoms with Crippen LogP contribution in [0.4, 0.5) is 0 Å². The molecular formula is C14H25N3O2. The summed E-state index contributed by atoms with van der Waals surface area (Å²) in [6, 6.07) is 0.387. The topological polar surface area (TPSA) is 47.0 Å². The van der Waals surface area contributed by atoms with Crippen LogP contribution in [-0.2, 0) is 4.79 Å². The maximum absolute atomic E-state index is 11.0. The van der Waals surface area contributed by atoms with Gasteiger partial charge in [-0.25, -0.2) is 0 Å². The number of hydrogen-bond donors (Lipinski definition) is 1. The number of fused-ring (bicyclic) bond motifs is 3. The molecule has 0 spiro atoms. The Hall–Kier alpha value is -0.650. The third-order valence-electron chi connectivity index (χ3n) is 5.34. The number of carboxylic acid groups (broad SMARTS) is 1. The molecule has 0 saturated carbocycles. The van der Waals surface area contributed by atoms with Gasteiger partial charge in [0.15, 0.2) is 0 Å². The molecule has 4 fully saturated rings. The van der Waals surface area contributed by atoms with Crippen LogP contribution in [0.3, 0.4) is 0 Å². The fourth-order valence-corrected chi connectivity index (χ4v) is 3.96. The van der Waals surface area contributed by atoms with Gasteiger partial charge in [0, 0.05) is 38.8 Å². The van der Waals surface area contributed by atoms with Crippen molar-refractivity contribution < 1.29 is 9.90 Å². The smallest absolute Gasteiger partial charge is 0.320 e. The monoisotopic (exact) mass is 267 g/mol. The predicted octanol–water partition coefficient (Wildman–Crippen LogP) is 0.171. The molecule has 5 nitrogen and oxygen atoms in total. The van der Waals surface area contributed by atoms with Crippen molar-refractivity contribution in [3.05, 3.63) is 0 Å². The molecule has 1 N–H and O–H groups in total. The zero-order chi connectivity index (χ0) is 13.4. The molecule has 0 amide bonds. The minimum Gasteiger partial charge on any atom is -0.480 e. The molecule has 0 aromatic carbocycles. The number of aliphatic carboxylic acids is 1. The van der Waals surface area contributed by atoms with Gasteiger partial charge in [0.05, 0.1) is 0 Å². The number of nitrogens with zero attached hydrogens (tertiary/aromatic N) is 3. The Morgan fingerprint density at radius 1 is 1.11 bits per heavy atom. The van der Waals surface area contributed by atoms with Crippen LogP contribution in [0, 0.1) is 5.92 Å². The number of hydrogen-bond acceptors (Lipinski definition) is 4. The van der Waals surface area contributed by atoms with Gasteiger partial charge >= 0.3 is 5.97 Å². The first-order chi connectivity index (χ1) is 9.15. The van der Waals surface area contributed by atoms with Gasteiger partial charge in [-0.05, 0) is 38.8 Å². The zero-order valence-corrected chi connectivity index (χ0v) is 11.8. The lowest BCUT2D eigenvalue weighted by molar-refractivity contribution is -0.143. The van der Waals surface area contributed by atoms with Gasteiger partial charge in [0.2, 0.25) is 0 Å². The maximum atomic E-state index is 11.0. The maximum Gasteiger partial charge on any atom is 0.320 e. The molecule has 0 aromatic heterocycles. The van der Waals surface area contributed by atoms with Crippen LogP contribution in [0.2, 0.25) is 0 Å². The van der Waals surface area contributed by atoms with Crippen LogP contribution < -0.4 is 0 Å². The molecule has 108 valence electrons. The second-order valence-electron chi connectivity index (χ2n) is 6.29. The molecule has 5 heteroatoms. The summed E-state index contributed by atoms with van der Waals surface area (Å²) in [6.07, 6.45) is 2.72. The van der Waals surface area contributed by atoms with Crippen LogP contribution in [0.5, 0.6) is 0 Å². The van der Waals surface area contributed by atoms with E-state index >= 15 is 0 Å². The SMILES string of the molecule is CC(C(=O)O)N1CCN(C2CN3CCC2CC3)CC1. The Kier molecular flexibility index (Phi) is 3.78. The molecule has 4 aliphatic heterocycles. The first-order valence-electron chi connectivity index (χ1n) is 7.58. The summed E-state index contributed by atoms with van der Waals surface area (Å²) in [5.74, 6) is 0.185. The average Bonchev–Trinajstić information content (AvgIpc) is 2.47. The van der Waals surface area contributed by atoms with Crippen molar-refractivity contribution in [2.75, 3.05) is 45.8 Å². The number of carbonyl (C=O) groups is 1. The molecule has 2 bridgehead atoms. The van der Waals surface area contributed by atoms with Gasteiger partial charge in [0.25, 0.3) is 0 Å². The molecule has 2 unspecified atom stereocenters. The van der Waals surface area contributed by atoms with Crippen LogP contribution in [0.25, 0.3) is 0 Å². The van der Waals surface area contributed by atoms with Crippen LogP contribution >= 0.6 is 0 Å². The second kappa shape index (κ2) is 5.38. The quantitative estimate of drug-likeness (QED) is 0.790. The van der Waals surface area contributed by atoms with E-state index in [9.17, 15) is 4.79 Å². The molecule has 19 heavy (non-hydrogen) atoms. The van der Waals surface area contributed by atoms with Gasteiger partial charge in [0.1, 0.15) is 6.04 Å². The molecule has 0 radical (unpaired) electrons. The van der Waals surface area contributed by atoms with Crippen molar-refractivity contribution in [1.29, 1.82) is 0 Å². The van der Waals surface area contributed by atoms with Crippen molar-refractivity contribution in [1.82, 2.24) is 14.7 Å². The van der Waals surface area contributed by atoms with Gasteiger partial charge in [-0.3, -0.25) is 14.6 Å².